The average Bonchev–Trinajstić information content (AvgIpc) is 2.47. The number of likely N-dealkylation sites (tertiary alicyclic amines) is 1. The molecule has 0 amide bonds. The van der Waals surface area contributed by atoms with Gasteiger partial charge in [0.1, 0.15) is 0 Å². The highest BCUT2D eigenvalue weighted by atomic mass is 35.5. The maximum absolute atomic E-state index is 12.7. The largest absolute Gasteiger partial charge is 0.305 e. The Morgan fingerprint density at radius 1 is 1.33 bits per heavy atom. The summed E-state index contributed by atoms with van der Waals surface area (Å²) in [6, 6.07) is 7.10. The van der Waals surface area contributed by atoms with Gasteiger partial charge in [-0.2, -0.15) is 4.31 Å². The van der Waals surface area contributed by atoms with E-state index >= 15 is 0 Å². The van der Waals surface area contributed by atoms with E-state index in [2.05, 4.69) is 4.90 Å². The first-order chi connectivity index (χ1) is 9.95. The minimum absolute atomic E-state index is 0.0521. The van der Waals surface area contributed by atoms with E-state index in [1.165, 1.54) is 4.31 Å². The van der Waals surface area contributed by atoms with Gasteiger partial charge in [0.2, 0.25) is 10.0 Å². The summed E-state index contributed by atoms with van der Waals surface area (Å²) in [7, 11) is 0.302. The standard InChI is InChI=1S/C15H23ClN2O2S/c1-17-11-3-4-14(12-17)18(2)21(19,20)15-7-5-13(6-8-15)9-10-16/h5-8,14H,3-4,9-12H2,1-2H3. The second-order valence-corrected chi connectivity index (χ2v) is 8.04. The molecule has 0 aromatic heterocycles. The van der Waals surface area contributed by atoms with Gasteiger partial charge >= 0.3 is 0 Å². The molecule has 4 nitrogen and oxygen atoms in total. The zero-order valence-corrected chi connectivity index (χ0v) is 14.2. The van der Waals surface area contributed by atoms with Crippen molar-refractivity contribution in [1.29, 1.82) is 0 Å². The van der Waals surface area contributed by atoms with Gasteiger partial charge in [-0.25, -0.2) is 8.42 Å². The normalized spacial score (nSPS) is 20.9. The lowest BCUT2D eigenvalue weighted by atomic mass is 10.1. The van der Waals surface area contributed by atoms with Crippen molar-refractivity contribution in [3.8, 4) is 0 Å². The fraction of sp³-hybridized carbons (Fsp3) is 0.600. The van der Waals surface area contributed by atoms with E-state index in [4.69, 9.17) is 11.6 Å². The monoisotopic (exact) mass is 330 g/mol. The highest BCUT2D eigenvalue weighted by Crippen LogP contribution is 2.22. The number of hydrogen-bond donors (Lipinski definition) is 0. The summed E-state index contributed by atoms with van der Waals surface area (Å²) in [4.78, 5) is 2.54. The Balaban J connectivity index is 2.16. The van der Waals surface area contributed by atoms with E-state index in [-0.39, 0.29) is 6.04 Å². The smallest absolute Gasteiger partial charge is 0.243 e. The lowest BCUT2D eigenvalue weighted by Gasteiger charge is -2.35. The lowest BCUT2D eigenvalue weighted by Crippen LogP contribution is -2.47. The SMILES string of the molecule is CN1CCCC(N(C)S(=O)(=O)c2ccc(CCCl)cc2)C1. The number of aryl methyl sites for hydroxylation is 1. The van der Waals surface area contributed by atoms with Gasteiger partial charge in [0.15, 0.2) is 0 Å². The minimum Gasteiger partial charge on any atom is -0.305 e. The molecular weight excluding hydrogens is 308 g/mol. The van der Waals surface area contributed by atoms with Gasteiger partial charge in [0.05, 0.1) is 4.90 Å². The molecule has 2 rings (SSSR count). The molecule has 0 bridgehead atoms. The first kappa shape index (κ1) is 16.7. The molecule has 1 unspecified atom stereocenters. The average molecular weight is 331 g/mol. The van der Waals surface area contributed by atoms with Crippen molar-refractivity contribution in [2.45, 2.75) is 30.2 Å². The van der Waals surface area contributed by atoms with E-state index in [1.54, 1.807) is 19.2 Å². The van der Waals surface area contributed by atoms with Crippen molar-refractivity contribution < 1.29 is 8.42 Å². The van der Waals surface area contributed by atoms with E-state index in [1.807, 2.05) is 19.2 Å². The number of alkyl halides is 1. The van der Waals surface area contributed by atoms with Gasteiger partial charge in [-0.05, 0) is 50.6 Å². The summed E-state index contributed by atoms with van der Waals surface area (Å²) < 4.78 is 26.9. The molecule has 118 valence electrons. The summed E-state index contributed by atoms with van der Waals surface area (Å²) in [5.41, 5.74) is 1.06. The Morgan fingerprint density at radius 3 is 2.57 bits per heavy atom. The molecule has 0 N–H and O–H groups in total. The van der Waals surface area contributed by atoms with E-state index in [0.29, 0.717) is 10.8 Å². The van der Waals surface area contributed by atoms with Gasteiger partial charge in [-0.1, -0.05) is 12.1 Å². The Kier molecular flexibility index (Phi) is 5.66. The molecule has 6 heteroatoms. The summed E-state index contributed by atoms with van der Waals surface area (Å²) >= 11 is 5.70. The van der Waals surface area contributed by atoms with Crippen LogP contribution in [0.5, 0.6) is 0 Å². The molecule has 1 fully saturated rings. The fourth-order valence-electron chi connectivity index (χ4n) is 2.74. The third kappa shape index (κ3) is 3.97. The molecule has 1 aliphatic rings. The van der Waals surface area contributed by atoms with Crippen LogP contribution in [0.4, 0.5) is 0 Å². The molecule has 1 atom stereocenters. The van der Waals surface area contributed by atoms with Crippen LogP contribution in [0.25, 0.3) is 0 Å². The predicted molar refractivity (Wildman–Crippen MR) is 86.3 cm³/mol. The zero-order chi connectivity index (χ0) is 15.5. The van der Waals surface area contributed by atoms with Crippen molar-refractivity contribution in [1.82, 2.24) is 9.21 Å². The number of benzene rings is 1. The van der Waals surface area contributed by atoms with E-state index < -0.39 is 10.0 Å². The van der Waals surface area contributed by atoms with Crippen LogP contribution < -0.4 is 0 Å². The van der Waals surface area contributed by atoms with Gasteiger partial charge in [-0.15, -0.1) is 11.6 Å². The highest BCUT2D eigenvalue weighted by Gasteiger charge is 2.30. The van der Waals surface area contributed by atoms with Gasteiger partial charge in [0, 0.05) is 25.5 Å². The summed E-state index contributed by atoms with van der Waals surface area (Å²) in [6.07, 6.45) is 2.71. The fourth-order valence-corrected chi connectivity index (χ4v) is 4.33. The number of sulfonamides is 1. The lowest BCUT2D eigenvalue weighted by molar-refractivity contribution is 0.187. The van der Waals surface area contributed by atoms with Crippen LogP contribution in [-0.4, -0.2) is 56.7 Å². The molecular formula is C15H23ClN2O2S. The first-order valence-corrected chi connectivity index (χ1v) is 9.24. The van der Waals surface area contributed by atoms with Crippen molar-refractivity contribution >= 4 is 21.6 Å². The number of halogens is 1. The highest BCUT2D eigenvalue weighted by molar-refractivity contribution is 7.89. The number of piperidine rings is 1. The molecule has 0 aliphatic carbocycles. The second-order valence-electron chi connectivity index (χ2n) is 5.66. The molecule has 1 aliphatic heterocycles. The molecule has 1 aromatic carbocycles. The molecule has 1 saturated heterocycles. The Hall–Kier alpha value is -0.620. The molecule has 0 radical (unpaired) electrons. The number of nitrogens with zero attached hydrogens (tertiary/aromatic N) is 2. The van der Waals surface area contributed by atoms with Crippen LogP contribution in [0.3, 0.4) is 0 Å². The van der Waals surface area contributed by atoms with Crippen LogP contribution in [0.15, 0.2) is 29.2 Å². The quantitative estimate of drug-likeness (QED) is 0.777. The molecule has 1 heterocycles. The predicted octanol–water partition coefficient (Wildman–Crippen LogP) is 2.18. The van der Waals surface area contributed by atoms with Crippen molar-refractivity contribution in [2.24, 2.45) is 0 Å². The Morgan fingerprint density at radius 2 is 2.00 bits per heavy atom. The molecule has 0 saturated carbocycles. The third-order valence-electron chi connectivity index (χ3n) is 4.10. The molecule has 1 aromatic rings. The second kappa shape index (κ2) is 7.09. The summed E-state index contributed by atoms with van der Waals surface area (Å²) in [6.45, 7) is 1.83. The number of hydrogen-bond acceptors (Lipinski definition) is 3. The molecule has 21 heavy (non-hydrogen) atoms. The third-order valence-corrected chi connectivity index (χ3v) is 6.21. The topological polar surface area (TPSA) is 40.6 Å². The van der Waals surface area contributed by atoms with Crippen LogP contribution in [-0.2, 0) is 16.4 Å². The van der Waals surface area contributed by atoms with E-state index in [0.717, 1.165) is 37.9 Å². The van der Waals surface area contributed by atoms with Crippen molar-refractivity contribution in [3.63, 3.8) is 0 Å². The Bertz CT molecular complexity index is 560. The van der Waals surface area contributed by atoms with Gasteiger partial charge in [-0.3, -0.25) is 0 Å². The summed E-state index contributed by atoms with van der Waals surface area (Å²) in [5, 5.41) is 0. The Labute approximate surface area is 132 Å². The maximum Gasteiger partial charge on any atom is 0.243 e. The number of rotatable bonds is 5. The number of likely N-dealkylation sites (N-methyl/N-ethyl adjacent to an activating group) is 2. The molecule has 0 spiro atoms. The summed E-state index contributed by atoms with van der Waals surface area (Å²) in [5.74, 6) is 0.542. The van der Waals surface area contributed by atoms with E-state index in [9.17, 15) is 8.42 Å². The van der Waals surface area contributed by atoms with Crippen molar-refractivity contribution in [2.75, 3.05) is 33.1 Å². The van der Waals surface area contributed by atoms with Crippen LogP contribution in [0.2, 0.25) is 0 Å². The van der Waals surface area contributed by atoms with Crippen molar-refractivity contribution in [3.05, 3.63) is 29.8 Å². The first-order valence-electron chi connectivity index (χ1n) is 7.26. The van der Waals surface area contributed by atoms with Crippen LogP contribution in [0.1, 0.15) is 18.4 Å². The zero-order valence-electron chi connectivity index (χ0n) is 12.6. The maximum atomic E-state index is 12.7. The van der Waals surface area contributed by atoms with Gasteiger partial charge < -0.3 is 4.90 Å². The van der Waals surface area contributed by atoms with Crippen LogP contribution in [0, 0.1) is 0 Å². The van der Waals surface area contributed by atoms with Gasteiger partial charge in [0.25, 0.3) is 0 Å². The minimum atomic E-state index is -3.42. The van der Waals surface area contributed by atoms with Crippen LogP contribution >= 0.6 is 11.6 Å².